The summed E-state index contributed by atoms with van der Waals surface area (Å²) in [7, 11) is 0. The van der Waals surface area contributed by atoms with Gasteiger partial charge in [-0.15, -0.1) is 0 Å². The Hall–Kier alpha value is -1.84. The lowest BCUT2D eigenvalue weighted by atomic mass is 10.6. The second-order valence-electron chi connectivity index (χ2n) is 1.94. The van der Waals surface area contributed by atoms with Gasteiger partial charge in [-0.3, -0.25) is 5.41 Å². The summed E-state index contributed by atoms with van der Waals surface area (Å²) in [4.78, 5) is 11.1. The van der Waals surface area contributed by atoms with Crippen molar-refractivity contribution in [3.63, 3.8) is 0 Å². The molecular weight excluding hydrogens is 150 g/mol. The number of nitrogens with one attached hydrogen (secondary N) is 1. The minimum absolute atomic E-state index is 0.0966. The molecule has 0 bridgehead atoms. The van der Waals surface area contributed by atoms with E-state index in [1.807, 2.05) is 0 Å². The van der Waals surface area contributed by atoms with Gasteiger partial charge in [0, 0.05) is 0 Å². The summed E-state index contributed by atoms with van der Waals surface area (Å²) < 4.78 is 0. The molecule has 1 aliphatic rings. The molecule has 1 aliphatic heterocycles. The van der Waals surface area contributed by atoms with Crippen LogP contribution in [0.1, 0.15) is 0 Å². The Kier molecular flexibility index (Phi) is 1.60. The predicted molar refractivity (Wildman–Crippen MR) is 33.7 cm³/mol. The van der Waals surface area contributed by atoms with Crippen molar-refractivity contribution in [3.8, 4) is 6.19 Å². The number of nitro groups is 1. The monoisotopic (exact) mass is 155 g/mol. The molecule has 1 N–H and O–H groups in total. The number of nitriles is 1. The molecule has 1 heterocycles. The van der Waals surface area contributed by atoms with Crippen LogP contribution in [0.25, 0.3) is 0 Å². The standard InChI is InChI=1S/C4H5N5O2/c5-3-7-1-2-8(4(7)6)9(10)11/h6H,1-2H2. The summed E-state index contributed by atoms with van der Waals surface area (Å²) in [6.45, 7) is 0.315. The molecule has 7 heteroatoms. The maximum atomic E-state index is 10.1. The van der Waals surface area contributed by atoms with E-state index in [1.165, 1.54) is 0 Å². The highest BCUT2D eigenvalue weighted by Gasteiger charge is 2.33. The van der Waals surface area contributed by atoms with Crippen molar-refractivity contribution in [1.82, 2.24) is 9.91 Å². The summed E-state index contributed by atoms with van der Waals surface area (Å²) in [6, 6.07) is 0. The first-order chi connectivity index (χ1) is 5.16. The number of hydrogen-bond donors (Lipinski definition) is 1. The van der Waals surface area contributed by atoms with Gasteiger partial charge in [-0.05, 0) is 0 Å². The van der Waals surface area contributed by atoms with Crippen molar-refractivity contribution >= 4 is 5.96 Å². The van der Waals surface area contributed by atoms with Crippen LogP contribution in [-0.2, 0) is 0 Å². The minimum Gasteiger partial charge on any atom is -0.263 e. The smallest absolute Gasteiger partial charge is 0.263 e. The van der Waals surface area contributed by atoms with E-state index in [0.717, 1.165) is 4.90 Å². The van der Waals surface area contributed by atoms with Gasteiger partial charge in [0.15, 0.2) is 11.2 Å². The van der Waals surface area contributed by atoms with Crippen molar-refractivity contribution in [2.24, 2.45) is 0 Å². The van der Waals surface area contributed by atoms with Gasteiger partial charge in [0.25, 0.3) is 5.96 Å². The lowest BCUT2D eigenvalue weighted by Gasteiger charge is -2.05. The zero-order valence-electron chi connectivity index (χ0n) is 5.52. The third-order valence-electron chi connectivity index (χ3n) is 1.35. The lowest BCUT2D eigenvalue weighted by Crippen LogP contribution is -2.34. The summed E-state index contributed by atoms with van der Waals surface area (Å²) in [5, 5.41) is 25.5. The molecule has 0 spiro atoms. The Labute approximate surface area is 62.0 Å². The first-order valence-electron chi connectivity index (χ1n) is 2.84. The van der Waals surface area contributed by atoms with Gasteiger partial charge in [-0.25, -0.2) is 15.0 Å². The molecule has 0 aromatic carbocycles. The van der Waals surface area contributed by atoms with Gasteiger partial charge in [0.05, 0.1) is 6.54 Å². The van der Waals surface area contributed by atoms with E-state index >= 15 is 0 Å². The number of rotatable bonds is 1. The van der Waals surface area contributed by atoms with Gasteiger partial charge in [-0.2, -0.15) is 5.26 Å². The number of guanidine groups is 1. The molecule has 1 rings (SSSR count). The van der Waals surface area contributed by atoms with Crippen LogP contribution in [0.3, 0.4) is 0 Å². The van der Waals surface area contributed by atoms with Crippen LogP contribution in [0.15, 0.2) is 0 Å². The van der Waals surface area contributed by atoms with Crippen LogP contribution in [0.4, 0.5) is 0 Å². The molecule has 0 aromatic heterocycles. The van der Waals surface area contributed by atoms with E-state index in [4.69, 9.17) is 10.7 Å². The molecule has 1 fully saturated rings. The average Bonchev–Trinajstić information content (AvgIpc) is 2.30. The second-order valence-corrected chi connectivity index (χ2v) is 1.94. The molecule has 0 saturated carbocycles. The summed E-state index contributed by atoms with van der Waals surface area (Å²) >= 11 is 0. The van der Waals surface area contributed by atoms with Crippen molar-refractivity contribution in [3.05, 3.63) is 10.1 Å². The van der Waals surface area contributed by atoms with Crippen LogP contribution in [0.2, 0.25) is 0 Å². The molecule has 0 unspecified atom stereocenters. The highest BCUT2D eigenvalue weighted by Crippen LogP contribution is 2.04. The maximum absolute atomic E-state index is 10.1. The Morgan fingerprint density at radius 3 is 2.64 bits per heavy atom. The molecule has 7 nitrogen and oxygen atoms in total. The third-order valence-corrected chi connectivity index (χ3v) is 1.35. The lowest BCUT2D eigenvalue weighted by molar-refractivity contribution is -0.627. The van der Waals surface area contributed by atoms with Crippen molar-refractivity contribution in [2.45, 2.75) is 0 Å². The van der Waals surface area contributed by atoms with E-state index in [2.05, 4.69) is 0 Å². The van der Waals surface area contributed by atoms with Crippen LogP contribution in [-0.4, -0.2) is 34.0 Å². The van der Waals surface area contributed by atoms with Crippen molar-refractivity contribution in [2.75, 3.05) is 13.1 Å². The van der Waals surface area contributed by atoms with E-state index < -0.39 is 5.03 Å². The topological polar surface area (TPSA) is 97.3 Å². The highest BCUT2D eigenvalue weighted by atomic mass is 16.7. The third kappa shape index (κ3) is 1.05. The van der Waals surface area contributed by atoms with Crippen LogP contribution in [0.5, 0.6) is 0 Å². The van der Waals surface area contributed by atoms with Crippen LogP contribution >= 0.6 is 0 Å². The Bertz CT molecular complexity index is 243. The molecule has 0 amide bonds. The zero-order valence-corrected chi connectivity index (χ0v) is 5.52. The number of hydrazine groups is 1. The summed E-state index contributed by atoms with van der Waals surface area (Å²) in [5.41, 5.74) is 0. The first kappa shape index (κ1) is 7.27. The van der Waals surface area contributed by atoms with Gasteiger partial charge < -0.3 is 0 Å². The Morgan fingerprint density at radius 1 is 1.73 bits per heavy atom. The largest absolute Gasteiger partial charge is 0.270 e. The van der Waals surface area contributed by atoms with Gasteiger partial charge >= 0.3 is 0 Å². The number of hydrogen-bond acceptors (Lipinski definition) is 4. The molecule has 0 atom stereocenters. The van der Waals surface area contributed by atoms with Gasteiger partial charge in [-0.1, -0.05) is 5.01 Å². The second kappa shape index (κ2) is 2.42. The molecule has 58 valence electrons. The normalized spacial score (nSPS) is 16.8. The fourth-order valence-corrected chi connectivity index (χ4v) is 0.802. The minimum atomic E-state index is -0.695. The fraction of sp³-hybridized carbons (Fsp3) is 0.500. The maximum Gasteiger partial charge on any atom is 0.270 e. The Morgan fingerprint density at radius 2 is 2.36 bits per heavy atom. The van der Waals surface area contributed by atoms with E-state index in [9.17, 15) is 10.1 Å². The first-order valence-corrected chi connectivity index (χ1v) is 2.84. The molecular formula is C4H5N5O2. The van der Waals surface area contributed by atoms with Crippen LogP contribution in [0, 0.1) is 27.0 Å². The molecule has 0 aliphatic carbocycles. The zero-order chi connectivity index (χ0) is 8.43. The van der Waals surface area contributed by atoms with Crippen LogP contribution < -0.4 is 0 Å². The summed E-state index contributed by atoms with van der Waals surface area (Å²) in [5.74, 6) is -0.363. The van der Waals surface area contributed by atoms with Crippen molar-refractivity contribution < 1.29 is 5.03 Å². The quantitative estimate of drug-likeness (QED) is 0.304. The Balaban J connectivity index is 2.73. The van der Waals surface area contributed by atoms with E-state index in [0.29, 0.717) is 5.01 Å². The van der Waals surface area contributed by atoms with Gasteiger partial charge in [0.2, 0.25) is 0 Å². The highest BCUT2D eigenvalue weighted by molar-refractivity contribution is 5.79. The molecule has 1 saturated heterocycles. The average molecular weight is 155 g/mol. The summed E-state index contributed by atoms with van der Waals surface area (Å²) in [6.07, 6.45) is 1.66. The predicted octanol–water partition coefficient (Wildman–Crippen LogP) is -0.788. The van der Waals surface area contributed by atoms with E-state index in [1.54, 1.807) is 6.19 Å². The molecule has 0 radical (unpaired) electrons. The van der Waals surface area contributed by atoms with Crippen molar-refractivity contribution in [1.29, 1.82) is 10.7 Å². The fourth-order valence-electron chi connectivity index (χ4n) is 0.802. The SMILES string of the molecule is N#CN1CCN([N+](=O)[O-])C1=N. The molecule has 0 aromatic rings. The number of nitrogens with zero attached hydrogens (tertiary/aromatic N) is 4. The van der Waals surface area contributed by atoms with Gasteiger partial charge in [0.1, 0.15) is 6.54 Å². The van der Waals surface area contributed by atoms with E-state index in [-0.39, 0.29) is 19.0 Å². The molecule has 11 heavy (non-hydrogen) atoms.